The molecule has 0 aliphatic carbocycles. The lowest BCUT2D eigenvalue weighted by atomic mass is 10.0. The van der Waals surface area contributed by atoms with E-state index in [0.717, 1.165) is 38.5 Å². The van der Waals surface area contributed by atoms with Crippen LogP contribution in [0, 0.1) is 0 Å². The van der Waals surface area contributed by atoms with Crippen LogP contribution in [-0.4, -0.2) is 24.6 Å². The predicted molar refractivity (Wildman–Crippen MR) is 135 cm³/mol. The van der Waals surface area contributed by atoms with Gasteiger partial charge in [0.2, 0.25) is 0 Å². The van der Waals surface area contributed by atoms with Crippen molar-refractivity contribution in [1.82, 2.24) is 0 Å². The fraction of sp³-hybridized carbons (Fsp3) is 0.929. The Balaban J connectivity index is 3.36. The van der Waals surface area contributed by atoms with Crippen molar-refractivity contribution in [2.24, 2.45) is 0 Å². The van der Waals surface area contributed by atoms with E-state index in [1.165, 1.54) is 83.5 Å². The number of ether oxygens (including phenoxy) is 2. The van der Waals surface area contributed by atoms with Crippen molar-refractivity contribution >= 4 is 11.9 Å². The lowest BCUT2D eigenvalue weighted by Crippen LogP contribution is -2.22. The summed E-state index contributed by atoms with van der Waals surface area (Å²) in [6.45, 7) is 6.37. The Morgan fingerprint density at radius 3 is 1.31 bits per heavy atom. The molecule has 32 heavy (non-hydrogen) atoms. The first-order valence-corrected chi connectivity index (χ1v) is 13.9. The van der Waals surface area contributed by atoms with E-state index in [0.29, 0.717) is 12.8 Å². The predicted octanol–water partition coefficient (Wildman–Crippen LogP) is 8.69. The minimum atomic E-state index is -0.362. The maximum atomic E-state index is 11.8. The van der Waals surface area contributed by atoms with Gasteiger partial charge in [-0.15, -0.1) is 0 Å². The molecule has 0 rings (SSSR count). The monoisotopic (exact) mass is 454 g/mol. The van der Waals surface area contributed by atoms with E-state index >= 15 is 0 Å². The Hall–Kier alpha value is -1.06. The van der Waals surface area contributed by atoms with Crippen LogP contribution in [0.15, 0.2) is 0 Å². The summed E-state index contributed by atoms with van der Waals surface area (Å²) >= 11 is 0. The molecule has 0 aromatic carbocycles. The summed E-state index contributed by atoms with van der Waals surface area (Å²) in [5.41, 5.74) is 0. The number of rotatable bonds is 24. The van der Waals surface area contributed by atoms with Crippen LogP contribution in [0.1, 0.15) is 156 Å². The molecule has 0 saturated carbocycles. The molecule has 190 valence electrons. The quantitative estimate of drug-likeness (QED) is 0.108. The van der Waals surface area contributed by atoms with Crippen molar-refractivity contribution < 1.29 is 19.1 Å². The molecule has 0 radical (unpaired) electrons. The molecule has 0 aliphatic heterocycles. The second-order valence-corrected chi connectivity index (χ2v) is 9.49. The molecule has 0 bridgehead atoms. The highest BCUT2D eigenvalue weighted by atomic mass is 16.6. The van der Waals surface area contributed by atoms with Gasteiger partial charge in [-0.2, -0.15) is 0 Å². The van der Waals surface area contributed by atoms with Gasteiger partial charge < -0.3 is 9.47 Å². The van der Waals surface area contributed by atoms with Gasteiger partial charge in [0.25, 0.3) is 0 Å². The van der Waals surface area contributed by atoms with Crippen molar-refractivity contribution in [3.63, 3.8) is 0 Å². The number of carbonyl (C=O) groups is 2. The Kier molecular flexibility index (Phi) is 23.8. The lowest BCUT2D eigenvalue weighted by molar-refractivity contribution is -0.158. The third-order valence-electron chi connectivity index (χ3n) is 6.03. The summed E-state index contributed by atoms with van der Waals surface area (Å²) in [5.74, 6) is -0.363. The van der Waals surface area contributed by atoms with E-state index in [4.69, 9.17) is 9.47 Å². The molecule has 4 nitrogen and oxygen atoms in total. The van der Waals surface area contributed by atoms with Gasteiger partial charge in [0.1, 0.15) is 12.7 Å². The van der Waals surface area contributed by atoms with Crippen molar-refractivity contribution in [2.45, 2.75) is 162 Å². The highest BCUT2D eigenvalue weighted by Gasteiger charge is 2.12. The molecular weight excluding hydrogens is 400 g/mol. The van der Waals surface area contributed by atoms with Gasteiger partial charge in [0.15, 0.2) is 0 Å². The smallest absolute Gasteiger partial charge is 0.306 e. The first-order chi connectivity index (χ1) is 15.6. The average Bonchev–Trinajstić information content (AvgIpc) is 2.78. The van der Waals surface area contributed by atoms with E-state index in [2.05, 4.69) is 13.8 Å². The van der Waals surface area contributed by atoms with Gasteiger partial charge in [-0.3, -0.25) is 9.59 Å². The molecule has 0 aromatic rings. The van der Waals surface area contributed by atoms with Gasteiger partial charge >= 0.3 is 11.9 Å². The van der Waals surface area contributed by atoms with E-state index in [-0.39, 0.29) is 24.6 Å². The first-order valence-electron chi connectivity index (χ1n) is 13.9. The van der Waals surface area contributed by atoms with Gasteiger partial charge in [0.05, 0.1) is 0 Å². The number of unbranched alkanes of at least 4 members (excludes halogenated alkanes) is 17. The summed E-state index contributed by atoms with van der Waals surface area (Å²) in [5, 5.41) is 0. The van der Waals surface area contributed by atoms with Crippen LogP contribution in [0.5, 0.6) is 0 Å². The standard InChI is InChI=1S/C28H54O4/c1-4-6-8-10-11-12-13-14-15-16-17-18-19-20-22-23-27(29)31-25-26(3)32-28(30)24-21-9-7-5-2/h26H,4-25H2,1-3H3. The zero-order valence-electron chi connectivity index (χ0n) is 21.8. The zero-order chi connectivity index (χ0) is 23.7. The van der Waals surface area contributed by atoms with E-state index in [9.17, 15) is 9.59 Å². The number of hydrogen-bond acceptors (Lipinski definition) is 4. The van der Waals surface area contributed by atoms with Crippen LogP contribution in [0.25, 0.3) is 0 Å². The van der Waals surface area contributed by atoms with Gasteiger partial charge in [-0.05, 0) is 19.8 Å². The first kappa shape index (κ1) is 30.9. The fourth-order valence-corrected chi connectivity index (χ4v) is 3.94. The maximum absolute atomic E-state index is 11.8. The Morgan fingerprint density at radius 2 is 0.875 bits per heavy atom. The van der Waals surface area contributed by atoms with Crippen LogP contribution in [0.3, 0.4) is 0 Å². The van der Waals surface area contributed by atoms with Crippen molar-refractivity contribution in [2.75, 3.05) is 6.61 Å². The normalized spacial score (nSPS) is 12.0. The van der Waals surface area contributed by atoms with E-state index < -0.39 is 0 Å². The summed E-state index contributed by atoms with van der Waals surface area (Å²) in [7, 11) is 0. The van der Waals surface area contributed by atoms with E-state index in [1.54, 1.807) is 6.92 Å². The van der Waals surface area contributed by atoms with Crippen LogP contribution in [0.4, 0.5) is 0 Å². The number of carbonyl (C=O) groups excluding carboxylic acids is 2. The molecule has 0 saturated heterocycles. The molecule has 1 unspecified atom stereocenters. The summed E-state index contributed by atoms with van der Waals surface area (Å²) in [4.78, 5) is 23.6. The molecular formula is C28H54O4. The van der Waals surface area contributed by atoms with Gasteiger partial charge in [0, 0.05) is 12.8 Å². The van der Waals surface area contributed by atoms with Gasteiger partial charge in [-0.1, -0.05) is 123 Å². The second kappa shape index (κ2) is 24.6. The molecule has 0 amide bonds. The number of esters is 2. The lowest BCUT2D eigenvalue weighted by Gasteiger charge is -2.13. The molecule has 0 aliphatic rings. The van der Waals surface area contributed by atoms with Crippen molar-refractivity contribution in [3.8, 4) is 0 Å². The SMILES string of the molecule is CCCCCCCCCCCCCCCCCC(=O)OCC(C)OC(=O)CCCCCC. The molecule has 0 fully saturated rings. The Bertz CT molecular complexity index is 422. The van der Waals surface area contributed by atoms with E-state index in [1.807, 2.05) is 0 Å². The topological polar surface area (TPSA) is 52.6 Å². The zero-order valence-corrected chi connectivity index (χ0v) is 21.8. The van der Waals surface area contributed by atoms with Crippen LogP contribution in [-0.2, 0) is 19.1 Å². The highest BCUT2D eigenvalue weighted by Crippen LogP contribution is 2.14. The Morgan fingerprint density at radius 1 is 0.531 bits per heavy atom. The minimum Gasteiger partial charge on any atom is -0.462 e. The number of hydrogen-bond donors (Lipinski definition) is 0. The fourth-order valence-electron chi connectivity index (χ4n) is 3.94. The average molecular weight is 455 g/mol. The molecule has 0 N–H and O–H groups in total. The maximum Gasteiger partial charge on any atom is 0.306 e. The molecule has 4 heteroatoms. The van der Waals surface area contributed by atoms with Crippen molar-refractivity contribution in [3.05, 3.63) is 0 Å². The van der Waals surface area contributed by atoms with Crippen LogP contribution >= 0.6 is 0 Å². The summed E-state index contributed by atoms with van der Waals surface area (Å²) in [6, 6.07) is 0. The van der Waals surface area contributed by atoms with Crippen molar-refractivity contribution in [1.29, 1.82) is 0 Å². The molecule has 0 spiro atoms. The minimum absolute atomic E-state index is 0.165. The second-order valence-electron chi connectivity index (χ2n) is 9.49. The summed E-state index contributed by atoms with van der Waals surface area (Å²) in [6.07, 6.45) is 24.5. The third-order valence-corrected chi connectivity index (χ3v) is 6.03. The van der Waals surface area contributed by atoms with Crippen LogP contribution < -0.4 is 0 Å². The van der Waals surface area contributed by atoms with Crippen LogP contribution in [0.2, 0.25) is 0 Å². The molecule has 1 atom stereocenters. The molecule has 0 aromatic heterocycles. The highest BCUT2D eigenvalue weighted by molar-refractivity contribution is 5.70. The summed E-state index contributed by atoms with van der Waals surface area (Å²) < 4.78 is 10.5. The Labute approximate surface area is 199 Å². The molecule has 0 heterocycles. The third kappa shape index (κ3) is 23.6. The largest absolute Gasteiger partial charge is 0.462 e. The van der Waals surface area contributed by atoms with Gasteiger partial charge in [-0.25, -0.2) is 0 Å².